The zero-order chi connectivity index (χ0) is 9.68. The molecule has 1 rings (SSSR count). The molecule has 0 aliphatic heterocycles. The van der Waals surface area contributed by atoms with E-state index in [2.05, 4.69) is 4.98 Å². The predicted molar refractivity (Wildman–Crippen MR) is 45.6 cm³/mol. The Morgan fingerprint density at radius 1 is 1.62 bits per heavy atom. The van der Waals surface area contributed by atoms with Gasteiger partial charge in [-0.05, 0) is 18.2 Å². The van der Waals surface area contributed by atoms with Crippen molar-refractivity contribution in [1.82, 2.24) is 4.98 Å². The van der Waals surface area contributed by atoms with Crippen molar-refractivity contribution >= 4 is 12.0 Å². The number of rotatable bonds is 2. The molecule has 0 spiro atoms. The minimum atomic E-state index is -1.04. The molecule has 13 heavy (non-hydrogen) atoms. The van der Waals surface area contributed by atoms with Gasteiger partial charge in [-0.25, -0.2) is 9.78 Å². The molecule has 0 atom stereocenters. The second kappa shape index (κ2) is 4.02. The van der Waals surface area contributed by atoms with Gasteiger partial charge in [0.05, 0.1) is 5.69 Å². The lowest BCUT2D eigenvalue weighted by atomic mass is 10.3. The maximum Gasteiger partial charge on any atom is 0.328 e. The van der Waals surface area contributed by atoms with Gasteiger partial charge >= 0.3 is 5.97 Å². The van der Waals surface area contributed by atoms with Gasteiger partial charge in [0.15, 0.2) is 0 Å². The van der Waals surface area contributed by atoms with Crippen LogP contribution in [-0.4, -0.2) is 16.1 Å². The minimum absolute atomic E-state index is 0.271. The highest BCUT2D eigenvalue weighted by Gasteiger charge is 1.93. The Labute approximate surface area is 74.8 Å². The first-order chi connectivity index (χ1) is 6.22. The standard InChI is InChI=1S/C9H6N2O2/c10-6-8-3-1-2-7(11-8)4-5-9(12)13/h1-5H,(H,12,13)/b5-4+. The first-order valence-corrected chi connectivity index (χ1v) is 3.50. The third-order valence-corrected chi connectivity index (χ3v) is 1.28. The molecule has 0 amide bonds. The zero-order valence-electron chi connectivity index (χ0n) is 6.64. The molecule has 0 aromatic carbocycles. The van der Waals surface area contributed by atoms with Crippen molar-refractivity contribution in [2.24, 2.45) is 0 Å². The van der Waals surface area contributed by atoms with Gasteiger partial charge in [0.25, 0.3) is 0 Å². The van der Waals surface area contributed by atoms with Gasteiger partial charge in [0, 0.05) is 6.08 Å². The smallest absolute Gasteiger partial charge is 0.328 e. The Morgan fingerprint density at radius 3 is 3.00 bits per heavy atom. The minimum Gasteiger partial charge on any atom is -0.478 e. The maximum absolute atomic E-state index is 10.1. The topological polar surface area (TPSA) is 74.0 Å². The molecule has 0 radical (unpaired) electrons. The summed E-state index contributed by atoms with van der Waals surface area (Å²) in [6.07, 6.45) is 2.31. The summed E-state index contributed by atoms with van der Waals surface area (Å²) in [5.74, 6) is -1.04. The first kappa shape index (κ1) is 8.94. The van der Waals surface area contributed by atoms with Crippen LogP contribution >= 0.6 is 0 Å². The Bertz CT molecular complexity index is 391. The van der Waals surface area contributed by atoms with Crippen molar-refractivity contribution in [3.8, 4) is 6.07 Å². The molecule has 0 aliphatic carbocycles. The van der Waals surface area contributed by atoms with Crippen LogP contribution in [0, 0.1) is 11.3 Å². The summed E-state index contributed by atoms with van der Waals surface area (Å²) < 4.78 is 0. The first-order valence-electron chi connectivity index (χ1n) is 3.50. The van der Waals surface area contributed by atoms with Crippen molar-refractivity contribution in [3.05, 3.63) is 35.7 Å². The fraction of sp³-hybridized carbons (Fsp3) is 0. The van der Waals surface area contributed by atoms with Crippen LogP contribution in [0.5, 0.6) is 0 Å². The number of hydrogen-bond donors (Lipinski definition) is 1. The summed E-state index contributed by atoms with van der Waals surface area (Å²) in [4.78, 5) is 14.0. The molecular formula is C9H6N2O2. The number of carbonyl (C=O) groups is 1. The fourth-order valence-corrected chi connectivity index (χ4v) is 0.763. The molecule has 1 aromatic heterocycles. The second-order valence-electron chi connectivity index (χ2n) is 2.23. The Balaban J connectivity index is 2.91. The van der Waals surface area contributed by atoms with E-state index in [4.69, 9.17) is 10.4 Å². The molecule has 4 nitrogen and oxygen atoms in total. The third kappa shape index (κ3) is 2.75. The Kier molecular flexibility index (Phi) is 2.77. The Morgan fingerprint density at radius 2 is 2.38 bits per heavy atom. The quantitative estimate of drug-likeness (QED) is 0.680. The summed E-state index contributed by atoms with van der Waals surface area (Å²) >= 11 is 0. The van der Waals surface area contributed by atoms with Crippen molar-refractivity contribution in [2.45, 2.75) is 0 Å². The van der Waals surface area contributed by atoms with Gasteiger partial charge in [0.1, 0.15) is 11.8 Å². The largest absolute Gasteiger partial charge is 0.478 e. The van der Waals surface area contributed by atoms with Crippen molar-refractivity contribution in [1.29, 1.82) is 5.26 Å². The molecule has 1 aromatic rings. The number of nitriles is 1. The summed E-state index contributed by atoms with van der Waals surface area (Å²) in [7, 11) is 0. The highest BCUT2D eigenvalue weighted by molar-refractivity contribution is 5.84. The van der Waals surface area contributed by atoms with Gasteiger partial charge in [-0.2, -0.15) is 5.26 Å². The molecule has 0 fully saturated rings. The van der Waals surface area contributed by atoms with E-state index in [9.17, 15) is 4.79 Å². The van der Waals surface area contributed by atoms with Crippen LogP contribution in [0.25, 0.3) is 6.08 Å². The van der Waals surface area contributed by atoms with Crippen molar-refractivity contribution in [3.63, 3.8) is 0 Å². The maximum atomic E-state index is 10.1. The molecule has 0 saturated heterocycles. The summed E-state index contributed by atoms with van der Waals surface area (Å²) in [5.41, 5.74) is 0.731. The SMILES string of the molecule is N#Cc1cccc(/C=C/C(=O)O)n1. The zero-order valence-corrected chi connectivity index (χ0v) is 6.64. The van der Waals surface area contributed by atoms with Crippen LogP contribution in [0.4, 0.5) is 0 Å². The van der Waals surface area contributed by atoms with Crippen LogP contribution in [0.3, 0.4) is 0 Å². The number of hydrogen-bond acceptors (Lipinski definition) is 3. The lowest BCUT2D eigenvalue weighted by molar-refractivity contribution is -0.131. The van der Waals surface area contributed by atoms with Crippen molar-refractivity contribution < 1.29 is 9.90 Å². The number of aromatic nitrogens is 1. The van der Waals surface area contributed by atoms with Crippen LogP contribution in [0.15, 0.2) is 24.3 Å². The van der Waals surface area contributed by atoms with Gasteiger partial charge in [0.2, 0.25) is 0 Å². The number of pyridine rings is 1. The van der Waals surface area contributed by atoms with E-state index >= 15 is 0 Å². The van der Waals surface area contributed by atoms with Crippen LogP contribution < -0.4 is 0 Å². The van der Waals surface area contributed by atoms with E-state index in [0.717, 1.165) is 6.08 Å². The molecule has 1 N–H and O–H groups in total. The van der Waals surface area contributed by atoms with Crippen LogP contribution in [0.1, 0.15) is 11.4 Å². The van der Waals surface area contributed by atoms with Crippen LogP contribution in [0.2, 0.25) is 0 Å². The summed E-state index contributed by atoms with van der Waals surface area (Å²) in [6, 6.07) is 6.69. The molecule has 0 unspecified atom stereocenters. The van der Waals surface area contributed by atoms with Gasteiger partial charge in [-0.1, -0.05) is 6.07 Å². The fourth-order valence-electron chi connectivity index (χ4n) is 0.763. The normalized spacial score (nSPS) is 9.77. The van der Waals surface area contributed by atoms with E-state index in [0.29, 0.717) is 5.69 Å². The molecule has 0 bridgehead atoms. The van der Waals surface area contributed by atoms with E-state index in [1.807, 2.05) is 6.07 Å². The number of nitrogens with zero attached hydrogens (tertiary/aromatic N) is 2. The number of carboxylic acids is 1. The Hall–Kier alpha value is -2.15. The van der Waals surface area contributed by atoms with E-state index in [1.165, 1.54) is 6.08 Å². The molecule has 1 heterocycles. The lowest BCUT2D eigenvalue weighted by Gasteiger charge is -1.91. The van der Waals surface area contributed by atoms with Gasteiger partial charge in [-0.3, -0.25) is 0 Å². The lowest BCUT2D eigenvalue weighted by Crippen LogP contribution is -1.88. The van der Waals surface area contributed by atoms with E-state index in [-0.39, 0.29) is 5.69 Å². The molecule has 64 valence electrons. The van der Waals surface area contributed by atoms with E-state index in [1.54, 1.807) is 18.2 Å². The molecule has 4 heteroatoms. The predicted octanol–water partition coefficient (Wildman–Crippen LogP) is 1.05. The third-order valence-electron chi connectivity index (χ3n) is 1.28. The monoisotopic (exact) mass is 174 g/mol. The molecular weight excluding hydrogens is 168 g/mol. The van der Waals surface area contributed by atoms with Gasteiger partial charge in [-0.15, -0.1) is 0 Å². The number of carboxylic acid groups (broad SMARTS) is 1. The average molecular weight is 174 g/mol. The number of aliphatic carboxylic acids is 1. The summed E-state index contributed by atoms with van der Waals surface area (Å²) in [6.45, 7) is 0. The second-order valence-corrected chi connectivity index (χ2v) is 2.23. The van der Waals surface area contributed by atoms with Crippen LogP contribution in [-0.2, 0) is 4.79 Å². The average Bonchev–Trinajstić information content (AvgIpc) is 2.15. The molecule has 0 aliphatic rings. The van der Waals surface area contributed by atoms with Gasteiger partial charge < -0.3 is 5.11 Å². The van der Waals surface area contributed by atoms with Crippen molar-refractivity contribution in [2.75, 3.05) is 0 Å². The highest BCUT2D eigenvalue weighted by atomic mass is 16.4. The summed E-state index contributed by atoms with van der Waals surface area (Å²) in [5, 5.41) is 16.8. The molecule has 0 saturated carbocycles. The van der Waals surface area contributed by atoms with E-state index < -0.39 is 5.97 Å². The highest BCUT2D eigenvalue weighted by Crippen LogP contribution is 2.00.